The second kappa shape index (κ2) is 3.90. The maximum absolute atomic E-state index is 10.9. The quantitative estimate of drug-likeness (QED) is 0.456. The SMILES string of the molecule is COc1ccc2c(Cl)ncnc2c1[N+](=O)[O-]. The largest absolute Gasteiger partial charge is 0.490 e. The molecule has 0 radical (unpaired) electrons. The van der Waals surface area contributed by atoms with Gasteiger partial charge in [-0.25, -0.2) is 9.97 Å². The predicted molar refractivity (Wildman–Crippen MR) is 57.8 cm³/mol. The van der Waals surface area contributed by atoms with Gasteiger partial charge >= 0.3 is 5.69 Å². The molecule has 1 heterocycles. The van der Waals surface area contributed by atoms with E-state index < -0.39 is 4.92 Å². The Bertz CT molecular complexity index is 573. The van der Waals surface area contributed by atoms with E-state index in [4.69, 9.17) is 16.3 Å². The van der Waals surface area contributed by atoms with E-state index in [9.17, 15) is 10.1 Å². The van der Waals surface area contributed by atoms with Crippen molar-refractivity contribution in [3.63, 3.8) is 0 Å². The minimum absolute atomic E-state index is 0.146. The summed E-state index contributed by atoms with van der Waals surface area (Å²) in [4.78, 5) is 18.0. The van der Waals surface area contributed by atoms with Crippen molar-refractivity contribution in [2.75, 3.05) is 7.11 Å². The van der Waals surface area contributed by atoms with Gasteiger partial charge in [-0.3, -0.25) is 10.1 Å². The number of fused-ring (bicyclic) bond motifs is 1. The molecule has 82 valence electrons. The molecule has 0 saturated carbocycles. The van der Waals surface area contributed by atoms with Gasteiger partial charge in [0.25, 0.3) is 0 Å². The first-order chi connectivity index (χ1) is 7.65. The molecule has 0 aliphatic carbocycles. The molecule has 1 aromatic carbocycles. The summed E-state index contributed by atoms with van der Waals surface area (Å²) in [7, 11) is 1.36. The van der Waals surface area contributed by atoms with Gasteiger partial charge in [0.1, 0.15) is 11.5 Å². The highest BCUT2D eigenvalue weighted by Crippen LogP contribution is 2.35. The van der Waals surface area contributed by atoms with Gasteiger partial charge in [-0.2, -0.15) is 0 Å². The van der Waals surface area contributed by atoms with Crippen LogP contribution in [0, 0.1) is 10.1 Å². The van der Waals surface area contributed by atoms with Gasteiger partial charge in [0.15, 0.2) is 11.3 Å². The predicted octanol–water partition coefficient (Wildman–Crippen LogP) is 2.20. The molecule has 0 saturated heterocycles. The fraction of sp³-hybridized carbons (Fsp3) is 0.111. The van der Waals surface area contributed by atoms with Gasteiger partial charge in [0.2, 0.25) is 0 Å². The van der Waals surface area contributed by atoms with Crippen molar-refractivity contribution in [2.24, 2.45) is 0 Å². The summed E-state index contributed by atoms with van der Waals surface area (Å²) in [5.41, 5.74) is -0.0337. The van der Waals surface area contributed by atoms with Crippen LogP contribution in [0.1, 0.15) is 0 Å². The Balaban J connectivity index is 2.90. The van der Waals surface area contributed by atoms with Crippen LogP contribution in [0.2, 0.25) is 5.15 Å². The second-order valence-corrected chi connectivity index (χ2v) is 3.29. The lowest BCUT2D eigenvalue weighted by molar-refractivity contribution is -0.384. The molecule has 2 aromatic rings. The third-order valence-electron chi connectivity index (χ3n) is 2.10. The molecule has 0 amide bonds. The van der Waals surface area contributed by atoms with Gasteiger partial charge in [-0.05, 0) is 12.1 Å². The molecule has 1 aromatic heterocycles. The molecule has 0 fully saturated rings. The summed E-state index contributed by atoms with van der Waals surface area (Å²) in [5.74, 6) is 0.146. The maximum Gasteiger partial charge on any atom is 0.337 e. The molecule has 0 bridgehead atoms. The Labute approximate surface area is 95.0 Å². The van der Waals surface area contributed by atoms with Gasteiger partial charge < -0.3 is 4.74 Å². The lowest BCUT2D eigenvalue weighted by atomic mass is 10.2. The molecule has 16 heavy (non-hydrogen) atoms. The van der Waals surface area contributed by atoms with Crippen LogP contribution in [-0.4, -0.2) is 22.0 Å². The number of benzene rings is 1. The Kier molecular flexibility index (Phi) is 2.57. The molecule has 6 nitrogen and oxygen atoms in total. The average Bonchev–Trinajstić information content (AvgIpc) is 2.27. The zero-order chi connectivity index (χ0) is 11.7. The van der Waals surface area contributed by atoms with E-state index >= 15 is 0 Å². The van der Waals surface area contributed by atoms with Gasteiger partial charge in [0, 0.05) is 5.39 Å². The number of ether oxygens (including phenoxy) is 1. The van der Waals surface area contributed by atoms with E-state index in [1.807, 2.05) is 0 Å². The summed E-state index contributed by atoms with van der Waals surface area (Å²) in [6, 6.07) is 3.05. The normalized spacial score (nSPS) is 10.4. The van der Waals surface area contributed by atoms with E-state index in [0.717, 1.165) is 0 Å². The first kappa shape index (κ1) is 10.6. The Morgan fingerprint density at radius 1 is 1.44 bits per heavy atom. The van der Waals surface area contributed by atoms with Crippen LogP contribution < -0.4 is 4.74 Å². The minimum atomic E-state index is -0.551. The third-order valence-corrected chi connectivity index (χ3v) is 2.40. The summed E-state index contributed by atoms with van der Waals surface area (Å²) in [6.45, 7) is 0. The molecule has 0 aliphatic rings. The average molecular weight is 240 g/mol. The van der Waals surface area contributed by atoms with Crippen molar-refractivity contribution >= 4 is 28.2 Å². The number of nitro benzene ring substituents is 1. The van der Waals surface area contributed by atoms with E-state index in [1.165, 1.54) is 19.5 Å². The number of halogens is 1. The Morgan fingerprint density at radius 2 is 2.19 bits per heavy atom. The molecule has 0 spiro atoms. The lowest BCUT2D eigenvalue weighted by Crippen LogP contribution is -1.97. The van der Waals surface area contributed by atoms with Gasteiger partial charge in [0.05, 0.1) is 12.0 Å². The highest BCUT2D eigenvalue weighted by atomic mass is 35.5. The molecule has 0 aliphatic heterocycles. The molecule has 0 atom stereocenters. The second-order valence-electron chi connectivity index (χ2n) is 2.93. The van der Waals surface area contributed by atoms with Crippen LogP contribution in [0.3, 0.4) is 0 Å². The van der Waals surface area contributed by atoms with Crippen molar-refractivity contribution in [1.82, 2.24) is 9.97 Å². The van der Waals surface area contributed by atoms with Crippen LogP contribution in [0.5, 0.6) is 5.75 Å². The fourth-order valence-corrected chi connectivity index (χ4v) is 1.60. The molecule has 0 N–H and O–H groups in total. The van der Waals surface area contributed by atoms with E-state index in [-0.39, 0.29) is 22.1 Å². The molecule has 7 heteroatoms. The summed E-state index contributed by atoms with van der Waals surface area (Å²) >= 11 is 5.81. The van der Waals surface area contributed by atoms with Crippen LogP contribution in [-0.2, 0) is 0 Å². The zero-order valence-electron chi connectivity index (χ0n) is 8.18. The van der Waals surface area contributed by atoms with Crippen molar-refractivity contribution in [1.29, 1.82) is 0 Å². The van der Waals surface area contributed by atoms with Crippen molar-refractivity contribution in [2.45, 2.75) is 0 Å². The van der Waals surface area contributed by atoms with Gasteiger partial charge in [-0.15, -0.1) is 0 Å². The number of hydrogen-bond donors (Lipinski definition) is 0. The summed E-state index contributed by atoms with van der Waals surface area (Å²) < 4.78 is 4.91. The van der Waals surface area contributed by atoms with Crippen molar-refractivity contribution < 1.29 is 9.66 Å². The lowest BCUT2D eigenvalue weighted by Gasteiger charge is -2.04. The molecule has 2 rings (SSSR count). The van der Waals surface area contributed by atoms with Crippen LogP contribution in [0.4, 0.5) is 5.69 Å². The number of nitro groups is 1. The highest BCUT2D eigenvalue weighted by Gasteiger charge is 2.21. The van der Waals surface area contributed by atoms with E-state index in [2.05, 4.69) is 9.97 Å². The highest BCUT2D eigenvalue weighted by molar-refractivity contribution is 6.34. The smallest absolute Gasteiger partial charge is 0.337 e. The number of aromatic nitrogens is 2. The number of hydrogen-bond acceptors (Lipinski definition) is 5. The Morgan fingerprint density at radius 3 is 2.81 bits per heavy atom. The summed E-state index contributed by atoms with van der Waals surface area (Å²) in [6.07, 6.45) is 1.18. The first-order valence-electron chi connectivity index (χ1n) is 4.26. The topological polar surface area (TPSA) is 78.2 Å². The first-order valence-corrected chi connectivity index (χ1v) is 4.64. The molecule has 0 unspecified atom stereocenters. The van der Waals surface area contributed by atoms with Crippen LogP contribution in [0.25, 0.3) is 10.9 Å². The standard InChI is InChI=1S/C9H6ClN3O3/c1-16-6-3-2-5-7(8(6)13(14)15)11-4-12-9(5)10/h2-4H,1H3. The third kappa shape index (κ3) is 1.53. The summed E-state index contributed by atoms with van der Waals surface area (Å²) in [5, 5.41) is 11.5. The number of methoxy groups -OCH3 is 1. The van der Waals surface area contributed by atoms with E-state index in [0.29, 0.717) is 5.39 Å². The molecular weight excluding hydrogens is 234 g/mol. The number of nitrogens with zero attached hydrogens (tertiary/aromatic N) is 3. The number of rotatable bonds is 2. The fourth-order valence-electron chi connectivity index (χ4n) is 1.41. The van der Waals surface area contributed by atoms with Crippen LogP contribution in [0.15, 0.2) is 18.5 Å². The maximum atomic E-state index is 10.9. The Hall–Kier alpha value is -1.95. The van der Waals surface area contributed by atoms with Crippen LogP contribution >= 0.6 is 11.6 Å². The monoisotopic (exact) mass is 239 g/mol. The van der Waals surface area contributed by atoms with Gasteiger partial charge in [-0.1, -0.05) is 11.6 Å². The zero-order valence-corrected chi connectivity index (χ0v) is 8.93. The molecular formula is C9H6ClN3O3. The van der Waals surface area contributed by atoms with Crippen molar-refractivity contribution in [3.8, 4) is 5.75 Å². The van der Waals surface area contributed by atoms with Crippen molar-refractivity contribution in [3.05, 3.63) is 33.7 Å². The van der Waals surface area contributed by atoms with E-state index in [1.54, 1.807) is 6.07 Å². The minimum Gasteiger partial charge on any atom is -0.490 e.